The fourth-order valence-corrected chi connectivity index (χ4v) is 4.17. The van der Waals surface area contributed by atoms with Crippen LogP contribution in [0.2, 0.25) is 0 Å². The summed E-state index contributed by atoms with van der Waals surface area (Å²) in [6.45, 7) is 7.95. The number of nitrogens with zero attached hydrogens (tertiary/aromatic N) is 2. The van der Waals surface area contributed by atoms with Crippen LogP contribution in [0, 0.1) is 5.92 Å². The predicted octanol–water partition coefficient (Wildman–Crippen LogP) is 2.34. The van der Waals surface area contributed by atoms with Crippen LogP contribution in [0.1, 0.15) is 57.4 Å². The molecule has 0 unspecified atom stereocenters. The Kier molecular flexibility index (Phi) is 5.39. The molecule has 3 rings (SSSR count). The highest BCUT2D eigenvalue weighted by Gasteiger charge is 2.43. The second-order valence-corrected chi connectivity index (χ2v) is 7.74. The van der Waals surface area contributed by atoms with Gasteiger partial charge in [-0.15, -0.1) is 0 Å². The maximum atomic E-state index is 11.1. The Morgan fingerprint density at radius 2 is 2.22 bits per heavy atom. The van der Waals surface area contributed by atoms with Crippen molar-refractivity contribution in [3.05, 3.63) is 17.5 Å². The maximum Gasteiger partial charge on any atom is 0.137 e. The zero-order chi connectivity index (χ0) is 16.3. The number of fused-ring (bicyclic) bond motifs is 1. The van der Waals surface area contributed by atoms with E-state index in [0.29, 0.717) is 25.0 Å². The Balaban J connectivity index is 1.51. The van der Waals surface area contributed by atoms with E-state index in [4.69, 9.17) is 4.52 Å². The molecule has 2 N–H and O–H groups in total. The summed E-state index contributed by atoms with van der Waals surface area (Å²) in [5, 5.41) is 18.7. The van der Waals surface area contributed by atoms with Gasteiger partial charge in [-0.25, -0.2) is 0 Å². The number of aliphatic hydroxyl groups is 1. The number of hydrogen-bond acceptors (Lipinski definition) is 5. The van der Waals surface area contributed by atoms with Gasteiger partial charge in [-0.2, -0.15) is 0 Å². The SMILES string of the molecule is CC(C)Cc1cc(CNC[C@]2(O)CCCN3CCCC[C@@H]32)no1. The summed E-state index contributed by atoms with van der Waals surface area (Å²) in [6, 6.07) is 2.36. The molecule has 130 valence electrons. The molecule has 0 spiro atoms. The molecule has 0 bridgehead atoms. The summed E-state index contributed by atoms with van der Waals surface area (Å²) in [5.74, 6) is 1.52. The summed E-state index contributed by atoms with van der Waals surface area (Å²) < 4.78 is 5.37. The van der Waals surface area contributed by atoms with Gasteiger partial charge in [-0.05, 0) is 44.7 Å². The van der Waals surface area contributed by atoms with Crippen molar-refractivity contribution in [2.45, 2.75) is 70.6 Å². The molecule has 2 aliphatic heterocycles. The Labute approximate surface area is 139 Å². The van der Waals surface area contributed by atoms with E-state index in [1.165, 1.54) is 12.8 Å². The quantitative estimate of drug-likeness (QED) is 0.842. The number of nitrogens with one attached hydrogen (secondary N) is 1. The Hall–Kier alpha value is -0.910. The van der Waals surface area contributed by atoms with E-state index < -0.39 is 5.60 Å². The lowest BCUT2D eigenvalue weighted by Gasteiger charge is -2.49. The zero-order valence-electron chi connectivity index (χ0n) is 14.6. The van der Waals surface area contributed by atoms with Gasteiger partial charge in [-0.3, -0.25) is 4.90 Å². The molecule has 2 saturated heterocycles. The Bertz CT molecular complexity index is 500. The van der Waals surface area contributed by atoms with Gasteiger partial charge in [0.25, 0.3) is 0 Å². The third-order valence-corrected chi connectivity index (χ3v) is 5.24. The first-order valence-corrected chi connectivity index (χ1v) is 9.18. The van der Waals surface area contributed by atoms with E-state index in [-0.39, 0.29) is 0 Å². The second kappa shape index (κ2) is 7.32. The molecule has 0 radical (unpaired) electrons. The minimum atomic E-state index is -0.594. The van der Waals surface area contributed by atoms with Crippen LogP contribution in [-0.2, 0) is 13.0 Å². The molecule has 5 nitrogen and oxygen atoms in total. The van der Waals surface area contributed by atoms with Gasteiger partial charge >= 0.3 is 0 Å². The van der Waals surface area contributed by atoms with Gasteiger partial charge in [0.2, 0.25) is 0 Å². The standard InChI is InChI=1S/C18H31N3O2/c1-14(2)10-16-11-15(20-23-16)12-19-13-18(22)7-5-9-21-8-4-3-6-17(18)21/h11,14,17,19,22H,3-10,12-13H2,1-2H3/t17-,18-/m1/s1. The molecule has 23 heavy (non-hydrogen) atoms. The third kappa shape index (κ3) is 4.14. The molecule has 3 heterocycles. The fraction of sp³-hybridized carbons (Fsp3) is 0.833. The van der Waals surface area contributed by atoms with Crippen LogP contribution in [0.3, 0.4) is 0 Å². The molecule has 0 aromatic carbocycles. The van der Waals surface area contributed by atoms with Crippen LogP contribution in [0.25, 0.3) is 0 Å². The number of hydrogen-bond donors (Lipinski definition) is 2. The first-order chi connectivity index (χ1) is 11.1. The predicted molar refractivity (Wildman–Crippen MR) is 90.1 cm³/mol. The highest BCUT2D eigenvalue weighted by molar-refractivity contribution is 5.06. The fourth-order valence-electron chi connectivity index (χ4n) is 4.17. The van der Waals surface area contributed by atoms with Crippen LogP contribution in [0.15, 0.2) is 10.6 Å². The van der Waals surface area contributed by atoms with Crippen LogP contribution in [0.4, 0.5) is 0 Å². The van der Waals surface area contributed by atoms with Gasteiger partial charge in [0.15, 0.2) is 0 Å². The molecular weight excluding hydrogens is 290 g/mol. The third-order valence-electron chi connectivity index (χ3n) is 5.24. The molecule has 1 aromatic heterocycles. The smallest absolute Gasteiger partial charge is 0.137 e. The minimum absolute atomic E-state index is 0.325. The van der Waals surface area contributed by atoms with E-state index in [9.17, 15) is 5.11 Å². The van der Waals surface area contributed by atoms with Gasteiger partial charge < -0.3 is 14.9 Å². The molecule has 2 atom stereocenters. The summed E-state index contributed by atoms with van der Waals surface area (Å²) in [7, 11) is 0. The topological polar surface area (TPSA) is 61.5 Å². The number of piperidine rings is 2. The normalized spacial score (nSPS) is 29.0. The summed E-state index contributed by atoms with van der Waals surface area (Å²) >= 11 is 0. The van der Waals surface area contributed by atoms with Crippen molar-refractivity contribution >= 4 is 0 Å². The van der Waals surface area contributed by atoms with Crippen molar-refractivity contribution in [3.8, 4) is 0 Å². The van der Waals surface area contributed by atoms with Crippen LogP contribution < -0.4 is 5.32 Å². The monoisotopic (exact) mass is 321 g/mol. The largest absolute Gasteiger partial charge is 0.387 e. The van der Waals surface area contributed by atoms with E-state index in [2.05, 4.69) is 29.2 Å². The zero-order valence-corrected chi connectivity index (χ0v) is 14.6. The van der Waals surface area contributed by atoms with E-state index in [1.54, 1.807) is 0 Å². The molecular formula is C18H31N3O2. The molecule has 0 aliphatic carbocycles. The molecule has 2 fully saturated rings. The van der Waals surface area contributed by atoms with Crippen LogP contribution in [0.5, 0.6) is 0 Å². The van der Waals surface area contributed by atoms with Crippen molar-refractivity contribution < 1.29 is 9.63 Å². The molecule has 0 saturated carbocycles. The highest BCUT2D eigenvalue weighted by atomic mass is 16.5. The molecule has 2 aliphatic rings. The molecule has 1 aromatic rings. The summed E-state index contributed by atoms with van der Waals surface area (Å²) in [4.78, 5) is 2.49. The van der Waals surface area contributed by atoms with Crippen LogP contribution >= 0.6 is 0 Å². The van der Waals surface area contributed by atoms with E-state index >= 15 is 0 Å². The van der Waals surface area contributed by atoms with E-state index in [0.717, 1.165) is 50.2 Å². The molecule has 5 heteroatoms. The minimum Gasteiger partial charge on any atom is -0.387 e. The van der Waals surface area contributed by atoms with Crippen molar-refractivity contribution in [3.63, 3.8) is 0 Å². The van der Waals surface area contributed by atoms with Crippen molar-refractivity contribution in [1.29, 1.82) is 0 Å². The second-order valence-electron chi connectivity index (χ2n) is 7.74. The Morgan fingerprint density at radius 1 is 1.39 bits per heavy atom. The lowest BCUT2D eigenvalue weighted by molar-refractivity contribution is -0.0920. The van der Waals surface area contributed by atoms with Crippen molar-refractivity contribution in [2.24, 2.45) is 5.92 Å². The van der Waals surface area contributed by atoms with Crippen molar-refractivity contribution in [1.82, 2.24) is 15.4 Å². The lowest BCUT2D eigenvalue weighted by atomic mass is 9.79. The van der Waals surface area contributed by atoms with Gasteiger partial charge in [0.05, 0.1) is 11.3 Å². The van der Waals surface area contributed by atoms with Gasteiger partial charge in [0.1, 0.15) is 5.76 Å². The summed E-state index contributed by atoms with van der Waals surface area (Å²) in [6.07, 6.45) is 6.56. The molecule has 0 amide bonds. The average molecular weight is 321 g/mol. The lowest BCUT2D eigenvalue weighted by Crippen LogP contribution is -2.62. The first kappa shape index (κ1) is 16.9. The van der Waals surface area contributed by atoms with Gasteiger partial charge in [-0.1, -0.05) is 25.4 Å². The Morgan fingerprint density at radius 3 is 3.04 bits per heavy atom. The van der Waals surface area contributed by atoms with Gasteiger partial charge in [0, 0.05) is 31.6 Å². The maximum absolute atomic E-state index is 11.1. The van der Waals surface area contributed by atoms with Crippen LogP contribution in [-0.4, -0.2) is 46.4 Å². The highest BCUT2D eigenvalue weighted by Crippen LogP contribution is 2.33. The van der Waals surface area contributed by atoms with E-state index in [1.807, 2.05) is 6.07 Å². The van der Waals surface area contributed by atoms with Crippen molar-refractivity contribution in [2.75, 3.05) is 19.6 Å². The number of rotatable bonds is 6. The number of aromatic nitrogens is 1. The summed E-state index contributed by atoms with van der Waals surface area (Å²) in [5.41, 5.74) is 0.337. The first-order valence-electron chi connectivity index (χ1n) is 9.18. The average Bonchev–Trinajstić information content (AvgIpc) is 2.94.